The maximum atomic E-state index is 13.1. The van der Waals surface area contributed by atoms with Crippen LogP contribution in [0.2, 0.25) is 0 Å². The Hall–Kier alpha value is -3.62. The number of hydrogen-bond acceptors (Lipinski definition) is 6. The number of aryl methyl sites for hydroxylation is 2. The summed E-state index contributed by atoms with van der Waals surface area (Å²) in [5, 5.41) is 4.82. The Bertz CT molecular complexity index is 1250. The number of halogens is 1. The topological polar surface area (TPSA) is 65.3 Å². The number of likely N-dealkylation sites (tertiary alicyclic amines) is 1. The number of nitrogens with zero attached hydrogens (tertiary/aromatic N) is 5. The maximum Gasteiger partial charge on any atom is 0.181 e. The van der Waals surface area contributed by atoms with Gasteiger partial charge in [0.25, 0.3) is 0 Å². The standard InChI is InChI=1S/C27H28FN5O2/c1-27(34-2)18-32(19-27)17-25-30-26(31-33(25)16-14-22-5-3-4-15-29-22)20-6-10-23(11-7-20)35-24-12-8-21(28)9-13-24/h3-13,15H,14,16-19H2,1-2H3. The Balaban J connectivity index is 1.33. The SMILES string of the molecule is COC1(C)CN(Cc2nc(-c3ccc(Oc4ccc(F)cc4)cc3)nn2CCc2ccccn2)C1. The summed E-state index contributed by atoms with van der Waals surface area (Å²) >= 11 is 0. The van der Waals surface area contributed by atoms with Gasteiger partial charge in [0.05, 0.1) is 12.1 Å². The van der Waals surface area contributed by atoms with Gasteiger partial charge in [0.2, 0.25) is 0 Å². The molecule has 180 valence electrons. The fourth-order valence-electron chi connectivity index (χ4n) is 4.21. The van der Waals surface area contributed by atoms with Crippen molar-refractivity contribution in [3.63, 3.8) is 0 Å². The highest BCUT2D eigenvalue weighted by molar-refractivity contribution is 5.56. The first-order valence-corrected chi connectivity index (χ1v) is 11.6. The second kappa shape index (κ2) is 9.93. The molecule has 1 saturated heterocycles. The van der Waals surface area contributed by atoms with Crippen LogP contribution < -0.4 is 4.74 Å². The lowest BCUT2D eigenvalue weighted by Gasteiger charge is -2.46. The van der Waals surface area contributed by atoms with Gasteiger partial charge in [-0.25, -0.2) is 14.1 Å². The molecular formula is C27H28FN5O2. The molecule has 8 heteroatoms. The molecule has 0 spiro atoms. The summed E-state index contributed by atoms with van der Waals surface area (Å²) in [4.78, 5) is 11.6. The van der Waals surface area contributed by atoms with Gasteiger partial charge in [0.1, 0.15) is 23.1 Å². The van der Waals surface area contributed by atoms with Gasteiger partial charge in [0.15, 0.2) is 5.82 Å². The molecule has 7 nitrogen and oxygen atoms in total. The lowest BCUT2D eigenvalue weighted by molar-refractivity contribution is -0.115. The highest BCUT2D eigenvalue weighted by atomic mass is 19.1. The summed E-state index contributed by atoms with van der Waals surface area (Å²) in [7, 11) is 1.76. The minimum Gasteiger partial charge on any atom is -0.457 e. The third-order valence-electron chi connectivity index (χ3n) is 6.19. The summed E-state index contributed by atoms with van der Waals surface area (Å²) < 4.78 is 26.5. The predicted molar refractivity (Wildman–Crippen MR) is 131 cm³/mol. The number of hydrogen-bond donors (Lipinski definition) is 0. The number of benzene rings is 2. The van der Waals surface area contributed by atoms with Crippen LogP contribution in [-0.2, 0) is 24.2 Å². The van der Waals surface area contributed by atoms with E-state index in [2.05, 4.69) is 16.8 Å². The molecule has 0 amide bonds. The van der Waals surface area contributed by atoms with Crippen molar-refractivity contribution in [3.8, 4) is 22.9 Å². The molecule has 0 radical (unpaired) electrons. The van der Waals surface area contributed by atoms with Crippen LogP contribution in [0.5, 0.6) is 11.5 Å². The molecule has 5 rings (SSSR count). The lowest BCUT2D eigenvalue weighted by Crippen LogP contribution is -2.60. The Morgan fingerprint density at radius 2 is 1.69 bits per heavy atom. The van der Waals surface area contributed by atoms with E-state index in [9.17, 15) is 4.39 Å². The highest BCUT2D eigenvalue weighted by Gasteiger charge is 2.39. The third-order valence-corrected chi connectivity index (χ3v) is 6.19. The van der Waals surface area contributed by atoms with Crippen LogP contribution in [0.4, 0.5) is 4.39 Å². The lowest BCUT2D eigenvalue weighted by atomic mass is 9.96. The van der Waals surface area contributed by atoms with Crippen molar-refractivity contribution in [2.45, 2.75) is 32.0 Å². The van der Waals surface area contributed by atoms with Crippen molar-refractivity contribution < 1.29 is 13.9 Å². The molecule has 0 atom stereocenters. The van der Waals surface area contributed by atoms with E-state index in [4.69, 9.17) is 19.6 Å². The molecule has 0 N–H and O–H groups in total. The van der Waals surface area contributed by atoms with Crippen molar-refractivity contribution in [1.29, 1.82) is 0 Å². The van der Waals surface area contributed by atoms with Gasteiger partial charge in [-0.3, -0.25) is 9.88 Å². The van der Waals surface area contributed by atoms with Gasteiger partial charge in [-0.15, -0.1) is 0 Å². The van der Waals surface area contributed by atoms with Gasteiger partial charge >= 0.3 is 0 Å². The third kappa shape index (κ3) is 5.55. The van der Waals surface area contributed by atoms with Crippen LogP contribution >= 0.6 is 0 Å². The van der Waals surface area contributed by atoms with Crippen molar-refractivity contribution in [2.75, 3.05) is 20.2 Å². The van der Waals surface area contributed by atoms with E-state index in [1.807, 2.05) is 53.3 Å². The second-order valence-electron chi connectivity index (χ2n) is 9.03. The zero-order chi connectivity index (χ0) is 24.3. The molecule has 0 unspecified atom stereocenters. The maximum absolute atomic E-state index is 13.1. The summed E-state index contributed by atoms with van der Waals surface area (Å²) in [5.74, 6) is 2.54. The molecule has 0 bridgehead atoms. The highest BCUT2D eigenvalue weighted by Crippen LogP contribution is 2.27. The zero-order valence-electron chi connectivity index (χ0n) is 19.9. The van der Waals surface area contributed by atoms with Gasteiger partial charge in [0, 0.05) is 50.6 Å². The first-order chi connectivity index (χ1) is 17.0. The Morgan fingerprint density at radius 3 is 2.34 bits per heavy atom. The van der Waals surface area contributed by atoms with Crippen molar-refractivity contribution in [1.82, 2.24) is 24.6 Å². The van der Waals surface area contributed by atoms with Crippen molar-refractivity contribution in [3.05, 3.63) is 90.3 Å². The smallest absolute Gasteiger partial charge is 0.181 e. The molecule has 1 fully saturated rings. The minimum absolute atomic E-state index is 0.0952. The summed E-state index contributed by atoms with van der Waals surface area (Å²) in [5.41, 5.74) is 1.83. The molecule has 0 saturated carbocycles. The van der Waals surface area contributed by atoms with Crippen molar-refractivity contribution in [2.24, 2.45) is 0 Å². The predicted octanol–water partition coefficient (Wildman–Crippen LogP) is 4.73. The largest absolute Gasteiger partial charge is 0.457 e. The second-order valence-corrected chi connectivity index (χ2v) is 9.03. The molecule has 3 heterocycles. The normalized spacial score (nSPS) is 15.1. The number of aromatic nitrogens is 4. The van der Waals surface area contributed by atoms with Crippen LogP contribution in [0, 0.1) is 5.82 Å². The van der Waals surface area contributed by atoms with Gasteiger partial charge in [-0.1, -0.05) is 6.07 Å². The quantitative estimate of drug-likeness (QED) is 0.350. The Morgan fingerprint density at radius 1 is 0.971 bits per heavy atom. The van der Waals surface area contributed by atoms with E-state index in [1.54, 1.807) is 19.2 Å². The van der Waals surface area contributed by atoms with Crippen LogP contribution in [0.1, 0.15) is 18.4 Å². The molecule has 1 aliphatic heterocycles. The summed E-state index contributed by atoms with van der Waals surface area (Å²) in [6.07, 6.45) is 2.58. The van der Waals surface area contributed by atoms with Crippen LogP contribution in [0.15, 0.2) is 72.9 Å². The Labute approximate surface area is 204 Å². The molecule has 1 aliphatic rings. The first-order valence-electron chi connectivity index (χ1n) is 11.6. The van der Waals surface area contributed by atoms with Gasteiger partial charge < -0.3 is 9.47 Å². The molecular weight excluding hydrogens is 445 g/mol. The average molecular weight is 474 g/mol. The minimum atomic E-state index is -0.293. The van der Waals surface area contributed by atoms with E-state index in [0.29, 0.717) is 30.4 Å². The number of rotatable bonds is 9. The monoisotopic (exact) mass is 473 g/mol. The average Bonchev–Trinajstić information content (AvgIpc) is 3.27. The van der Waals surface area contributed by atoms with Crippen molar-refractivity contribution >= 4 is 0 Å². The van der Waals surface area contributed by atoms with E-state index >= 15 is 0 Å². The summed E-state index contributed by atoms with van der Waals surface area (Å²) in [6, 6.07) is 19.5. The molecule has 35 heavy (non-hydrogen) atoms. The van der Waals surface area contributed by atoms with E-state index in [0.717, 1.165) is 36.6 Å². The number of ether oxygens (including phenoxy) is 2. The molecule has 4 aromatic rings. The van der Waals surface area contributed by atoms with E-state index in [1.165, 1.54) is 12.1 Å². The fraction of sp³-hybridized carbons (Fsp3) is 0.296. The van der Waals surface area contributed by atoms with Gasteiger partial charge in [-0.2, -0.15) is 5.10 Å². The Kier molecular flexibility index (Phi) is 6.57. The van der Waals surface area contributed by atoms with Gasteiger partial charge in [-0.05, 0) is 67.6 Å². The molecule has 2 aromatic carbocycles. The number of pyridine rings is 1. The fourth-order valence-corrected chi connectivity index (χ4v) is 4.21. The molecule has 2 aromatic heterocycles. The zero-order valence-corrected chi connectivity index (χ0v) is 19.9. The first kappa shape index (κ1) is 23.1. The molecule has 0 aliphatic carbocycles. The van der Waals surface area contributed by atoms with E-state index < -0.39 is 0 Å². The van der Waals surface area contributed by atoms with Crippen LogP contribution in [0.3, 0.4) is 0 Å². The van der Waals surface area contributed by atoms with Crippen LogP contribution in [-0.4, -0.2) is 50.4 Å². The number of methoxy groups -OCH3 is 1. The van der Waals surface area contributed by atoms with E-state index in [-0.39, 0.29) is 11.4 Å². The van der Waals surface area contributed by atoms with Crippen LogP contribution in [0.25, 0.3) is 11.4 Å². The summed E-state index contributed by atoms with van der Waals surface area (Å²) in [6.45, 7) is 5.25.